The molecule has 1 fully saturated rings. The Kier molecular flexibility index (Phi) is 7.72. The summed E-state index contributed by atoms with van der Waals surface area (Å²) < 4.78 is 12.1. The Morgan fingerprint density at radius 3 is 2.26 bits per heavy atom. The van der Waals surface area contributed by atoms with Crippen molar-refractivity contribution >= 4 is 26.2 Å². The second-order valence-corrected chi connectivity index (χ2v) is 15.5. The van der Waals surface area contributed by atoms with Crippen LogP contribution in [0.25, 0.3) is 0 Å². The second kappa shape index (κ2) is 10.0. The minimum Gasteiger partial charge on any atom is -0.449 e. The maximum atomic E-state index is 13.0. The summed E-state index contributed by atoms with van der Waals surface area (Å²) in [6.45, 7) is 18.0. The van der Waals surface area contributed by atoms with E-state index in [0.29, 0.717) is 36.3 Å². The van der Waals surface area contributed by atoms with Crippen LogP contribution < -0.4 is 0 Å². The van der Waals surface area contributed by atoms with Crippen molar-refractivity contribution in [1.29, 1.82) is 0 Å². The van der Waals surface area contributed by atoms with Crippen molar-refractivity contribution in [2.24, 2.45) is 0 Å². The molecular weight excluding hydrogens is 448 g/mol. The van der Waals surface area contributed by atoms with Gasteiger partial charge in [0.2, 0.25) is 0 Å². The average molecular weight is 487 g/mol. The number of hydrogen-bond donors (Lipinski definition) is 0. The van der Waals surface area contributed by atoms with Gasteiger partial charge in [0, 0.05) is 6.54 Å². The Bertz CT molecular complexity index is 933. The van der Waals surface area contributed by atoms with E-state index in [1.807, 2.05) is 6.92 Å². The molecule has 0 saturated carbocycles. The summed E-state index contributed by atoms with van der Waals surface area (Å²) in [6.07, 6.45) is 1.74. The highest BCUT2D eigenvalue weighted by Crippen LogP contribution is 2.39. The zero-order chi connectivity index (χ0) is 25.3. The van der Waals surface area contributed by atoms with Crippen molar-refractivity contribution in [3.05, 3.63) is 47.5 Å². The van der Waals surface area contributed by atoms with Gasteiger partial charge >= 0.3 is 6.09 Å². The first-order chi connectivity index (χ1) is 15.9. The molecule has 1 aromatic rings. The second-order valence-electron chi connectivity index (χ2n) is 10.8. The summed E-state index contributed by atoms with van der Waals surface area (Å²) >= 11 is 0. The van der Waals surface area contributed by atoms with Gasteiger partial charge in [0.1, 0.15) is 0 Å². The summed E-state index contributed by atoms with van der Waals surface area (Å²) in [5.41, 5.74) is 1.44. The molecule has 2 atom stereocenters. The lowest BCUT2D eigenvalue weighted by molar-refractivity contribution is 0.0662. The average Bonchev–Trinajstić information content (AvgIpc) is 3.28. The van der Waals surface area contributed by atoms with Crippen molar-refractivity contribution < 1.29 is 23.5 Å². The smallest absolute Gasteiger partial charge is 0.410 e. The lowest BCUT2D eigenvalue weighted by Crippen LogP contribution is -2.45. The Labute approximate surface area is 204 Å². The van der Waals surface area contributed by atoms with E-state index in [2.05, 4.69) is 40.4 Å². The number of amides is 3. The SMILES string of the molecule is C=C(CN1C(=O)c2ccccc2C1=O)C1CC(O[Si](C)(C)C(C)(C)C)CN1C(=O)OCCCC. The van der Waals surface area contributed by atoms with Gasteiger partial charge in [-0.3, -0.25) is 19.4 Å². The Hall–Kier alpha value is -2.45. The third kappa shape index (κ3) is 5.28. The molecule has 186 valence electrons. The van der Waals surface area contributed by atoms with Crippen LogP contribution in [0.15, 0.2) is 36.4 Å². The van der Waals surface area contributed by atoms with E-state index < -0.39 is 14.4 Å². The van der Waals surface area contributed by atoms with Crippen LogP contribution in [0.5, 0.6) is 0 Å². The molecule has 3 amide bonds. The van der Waals surface area contributed by atoms with Gasteiger partial charge < -0.3 is 9.16 Å². The van der Waals surface area contributed by atoms with Crippen LogP contribution in [0.2, 0.25) is 18.1 Å². The summed E-state index contributed by atoms with van der Waals surface area (Å²) in [5, 5.41) is 0.0364. The van der Waals surface area contributed by atoms with Crippen molar-refractivity contribution in [2.75, 3.05) is 19.7 Å². The fourth-order valence-electron chi connectivity index (χ4n) is 4.14. The standard InChI is InChI=1S/C26H38N2O5Si/c1-8-9-14-32-25(31)27-17-19(33-34(6,7)26(3,4)5)15-22(27)18(2)16-28-23(29)20-12-10-11-13-21(20)24(28)30/h10-13,19,22H,2,8-9,14-17H2,1,3-7H3. The first kappa shape index (κ1) is 26.2. The molecule has 1 saturated heterocycles. The quantitative estimate of drug-likeness (QED) is 0.217. The minimum atomic E-state index is -2.06. The predicted octanol–water partition coefficient (Wildman–Crippen LogP) is 5.24. The highest BCUT2D eigenvalue weighted by Gasteiger charge is 2.45. The number of nitrogens with zero attached hydrogens (tertiary/aromatic N) is 2. The number of benzene rings is 1. The van der Waals surface area contributed by atoms with Crippen molar-refractivity contribution in [3.8, 4) is 0 Å². The molecule has 34 heavy (non-hydrogen) atoms. The molecule has 0 bridgehead atoms. The molecule has 8 heteroatoms. The lowest BCUT2D eigenvalue weighted by Gasteiger charge is -2.38. The lowest BCUT2D eigenvalue weighted by atomic mass is 10.1. The zero-order valence-electron chi connectivity index (χ0n) is 21.3. The van der Waals surface area contributed by atoms with Gasteiger partial charge in [-0.2, -0.15) is 0 Å². The largest absolute Gasteiger partial charge is 0.449 e. The number of fused-ring (bicyclic) bond motifs is 1. The van der Waals surface area contributed by atoms with Crippen molar-refractivity contribution in [2.45, 2.75) is 77.2 Å². The minimum absolute atomic E-state index is 0.0364. The van der Waals surface area contributed by atoms with E-state index in [9.17, 15) is 14.4 Å². The van der Waals surface area contributed by atoms with Crippen LogP contribution in [0, 0.1) is 0 Å². The van der Waals surface area contributed by atoms with Gasteiger partial charge in [0.25, 0.3) is 11.8 Å². The highest BCUT2D eigenvalue weighted by atomic mass is 28.4. The molecule has 2 aliphatic rings. The van der Waals surface area contributed by atoms with Gasteiger partial charge in [0.05, 0.1) is 36.4 Å². The number of ether oxygens (including phenoxy) is 1. The topological polar surface area (TPSA) is 76.2 Å². The summed E-state index contributed by atoms with van der Waals surface area (Å²) in [6, 6.07) is 6.45. The fraction of sp³-hybridized carbons (Fsp3) is 0.577. The van der Waals surface area contributed by atoms with Crippen LogP contribution in [-0.2, 0) is 9.16 Å². The van der Waals surface area contributed by atoms with E-state index in [-0.39, 0.29) is 35.5 Å². The number of unbranched alkanes of at least 4 members (excludes halogenated alkanes) is 1. The van der Waals surface area contributed by atoms with E-state index >= 15 is 0 Å². The van der Waals surface area contributed by atoms with Gasteiger partial charge in [-0.05, 0) is 48.7 Å². The number of likely N-dealkylation sites (tertiary alicyclic amines) is 1. The van der Waals surface area contributed by atoms with Gasteiger partial charge in [0.15, 0.2) is 8.32 Å². The van der Waals surface area contributed by atoms with Gasteiger partial charge in [-0.25, -0.2) is 4.79 Å². The van der Waals surface area contributed by atoms with Crippen LogP contribution >= 0.6 is 0 Å². The summed E-state index contributed by atoms with van der Waals surface area (Å²) in [5.74, 6) is -0.656. The molecule has 2 unspecified atom stereocenters. The van der Waals surface area contributed by atoms with Crippen LogP contribution in [0.1, 0.15) is 67.7 Å². The molecule has 2 aliphatic heterocycles. The molecule has 2 heterocycles. The number of imide groups is 1. The maximum Gasteiger partial charge on any atom is 0.410 e. The molecule has 0 aromatic heterocycles. The molecule has 3 rings (SSSR count). The molecule has 7 nitrogen and oxygen atoms in total. The van der Waals surface area contributed by atoms with E-state index in [0.717, 1.165) is 12.8 Å². The van der Waals surface area contributed by atoms with Gasteiger partial charge in [-0.1, -0.05) is 52.8 Å². The molecular formula is C26H38N2O5Si. The molecule has 0 radical (unpaired) electrons. The zero-order valence-corrected chi connectivity index (χ0v) is 22.3. The molecule has 0 spiro atoms. The summed E-state index contributed by atoms with van der Waals surface area (Å²) in [7, 11) is -2.06. The third-order valence-electron chi connectivity index (χ3n) is 7.20. The first-order valence-electron chi connectivity index (χ1n) is 12.1. The van der Waals surface area contributed by atoms with E-state index in [1.54, 1.807) is 29.2 Å². The highest BCUT2D eigenvalue weighted by molar-refractivity contribution is 6.74. The maximum absolute atomic E-state index is 13.0. The van der Waals surface area contributed by atoms with Crippen LogP contribution in [0.4, 0.5) is 4.79 Å². The molecule has 1 aromatic carbocycles. The normalized spacial score (nSPS) is 20.6. The predicted molar refractivity (Wildman–Crippen MR) is 134 cm³/mol. The monoisotopic (exact) mass is 486 g/mol. The Morgan fingerprint density at radius 2 is 1.74 bits per heavy atom. The Balaban J connectivity index is 1.77. The van der Waals surface area contributed by atoms with Gasteiger partial charge in [-0.15, -0.1) is 0 Å². The van der Waals surface area contributed by atoms with Crippen molar-refractivity contribution in [1.82, 2.24) is 9.80 Å². The Morgan fingerprint density at radius 1 is 1.15 bits per heavy atom. The molecule has 0 aliphatic carbocycles. The number of carbonyl (C=O) groups is 3. The number of hydrogen-bond acceptors (Lipinski definition) is 5. The fourth-order valence-corrected chi connectivity index (χ4v) is 5.50. The van der Waals surface area contributed by atoms with Crippen LogP contribution in [0.3, 0.4) is 0 Å². The first-order valence-corrected chi connectivity index (χ1v) is 15.0. The van der Waals surface area contributed by atoms with Crippen molar-refractivity contribution in [3.63, 3.8) is 0 Å². The third-order valence-corrected chi connectivity index (χ3v) is 11.7. The van der Waals surface area contributed by atoms with E-state index in [1.165, 1.54) is 4.90 Å². The summed E-state index contributed by atoms with van der Waals surface area (Å²) in [4.78, 5) is 41.5. The van der Waals surface area contributed by atoms with Crippen LogP contribution in [-0.4, -0.2) is 67.9 Å². The molecule has 0 N–H and O–H groups in total. The van der Waals surface area contributed by atoms with E-state index in [4.69, 9.17) is 9.16 Å². The number of rotatable bonds is 8. The number of carbonyl (C=O) groups excluding carboxylic acids is 3.